The van der Waals surface area contributed by atoms with Crippen LogP contribution in [0.2, 0.25) is 0 Å². The molecule has 1 N–H and O–H groups in total. The van der Waals surface area contributed by atoms with Crippen LogP contribution in [-0.2, 0) is 5.41 Å². The molecule has 0 radical (unpaired) electrons. The van der Waals surface area contributed by atoms with Gasteiger partial charge in [-0.3, -0.25) is 0 Å². The van der Waals surface area contributed by atoms with Gasteiger partial charge in [-0.1, -0.05) is 18.2 Å². The summed E-state index contributed by atoms with van der Waals surface area (Å²) in [5.41, 5.74) is 1.63. The third kappa shape index (κ3) is 1.22. The molecule has 0 saturated heterocycles. The van der Waals surface area contributed by atoms with Crippen LogP contribution < -0.4 is 0 Å². The SMILES string of the molecule is N#Cc1ccccc1C1(CO)CC1. The molecule has 0 bridgehead atoms. The molecule has 1 aliphatic rings. The molecular weight excluding hydrogens is 162 g/mol. The summed E-state index contributed by atoms with van der Waals surface area (Å²) in [4.78, 5) is 0. The van der Waals surface area contributed by atoms with E-state index >= 15 is 0 Å². The second-order valence-electron chi connectivity index (χ2n) is 3.60. The first kappa shape index (κ1) is 8.28. The van der Waals surface area contributed by atoms with E-state index < -0.39 is 0 Å². The van der Waals surface area contributed by atoms with E-state index in [0.29, 0.717) is 5.56 Å². The van der Waals surface area contributed by atoms with E-state index in [2.05, 4.69) is 6.07 Å². The number of benzene rings is 1. The fraction of sp³-hybridized carbons (Fsp3) is 0.364. The zero-order chi connectivity index (χ0) is 9.31. The predicted molar refractivity (Wildman–Crippen MR) is 49.2 cm³/mol. The molecule has 0 aromatic heterocycles. The van der Waals surface area contributed by atoms with Gasteiger partial charge in [0, 0.05) is 5.41 Å². The van der Waals surface area contributed by atoms with Gasteiger partial charge in [0.1, 0.15) is 0 Å². The first-order chi connectivity index (χ1) is 6.32. The van der Waals surface area contributed by atoms with Crippen LogP contribution in [0, 0.1) is 11.3 Å². The number of aliphatic hydroxyl groups is 1. The van der Waals surface area contributed by atoms with Gasteiger partial charge in [-0.25, -0.2) is 0 Å². The third-order valence-electron chi connectivity index (χ3n) is 2.78. The first-order valence-electron chi connectivity index (χ1n) is 4.43. The van der Waals surface area contributed by atoms with Crippen LogP contribution in [0.5, 0.6) is 0 Å². The molecule has 2 nitrogen and oxygen atoms in total. The van der Waals surface area contributed by atoms with Crippen molar-refractivity contribution in [3.8, 4) is 6.07 Å². The highest BCUT2D eigenvalue weighted by Crippen LogP contribution is 2.48. The maximum atomic E-state index is 9.22. The van der Waals surface area contributed by atoms with Crippen molar-refractivity contribution in [3.05, 3.63) is 35.4 Å². The topological polar surface area (TPSA) is 44.0 Å². The second kappa shape index (κ2) is 2.86. The number of hydrogen-bond acceptors (Lipinski definition) is 2. The van der Waals surface area contributed by atoms with Crippen molar-refractivity contribution >= 4 is 0 Å². The van der Waals surface area contributed by atoms with Gasteiger partial charge in [-0.15, -0.1) is 0 Å². The lowest BCUT2D eigenvalue weighted by atomic mass is 9.93. The molecule has 1 aromatic rings. The normalized spacial score (nSPS) is 17.8. The van der Waals surface area contributed by atoms with Crippen LogP contribution in [-0.4, -0.2) is 11.7 Å². The molecule has 0 amide bonds. The van der Waals surface area contributed by atoms with E-state index in [-0.39, 0.29) is 12.0 Å². The van der Waals surface area contributed by atoms with Crippen molar-refractivity contribution < 1.29 is 5.11 Å². The Morgan fingerprint density at radius 2 is 2.08 bits per heavy atom. The van der Waals surface area contributed by atoms with E-state index in [4.69, 9.17) is 5.26 Å². The smallest absolute Gasteiger partial charge is 0.0994 e. The molecule has 2 heteroatoms. The molecule has 0 aliphatic heterocycles. The van der Waals surface area contributed by atoms with Gasteiger partial charge in [-0.2, -0.15) is 5.26 Å². The van der Waals surface area contributed by atoms with Gasteiger partial charge < -0.3 is 5.11 Å². The summed E-state index contributed by atoms with van der Waals surface area (Å²) in [6.45, 7) is 0.158. The van der Waals surface area contributed by atoms with Gasteiger partial charge in [0.15, 0.2) is 0 Å². The van der Waals surface area contributed by atoms with Crippen molar-refractivity contribution in [2.75, 3.05) is 6.61 Å². The summed E-state index contributed by atoms with van der Waals surface area (Å²) in [6, 6.07) is 9.70. The highest BCUT2D eigenvalue weighted by molar-refractivity contribution is 5.45. The molecule has 0 unspecified atom stereocenters. The van der Waals surface area contributed by atoms with Crippen LogP contribution in [0.4, 0.5) is 0 Å². The standard InChI is InChI=1S/C11H11NO/c12-7-9-3-1-2-4-10(9)11(8-13)5-6-11/h1-4,13H,5-6,8H2. The molecule has 0 spiro atoms. The Kier molecular flexibility index (Phi) is 1.82. The summed E-state index contributed by atoms with van der Waals surface area (Å²) in [5.74, 6) is 0. The minimum atomic E-state index is -0.0909. The fourth-order valence-corrected chi connectivity index (χ4v) is 1.71. The molecule has 0 heterocycles. The lowest BCUT2D eigenvalue weighted by Crippen LogP contribution is -2.13. The van der Waals surface area contributed by atoms with Crippen molar-refractivity contribution in [2.45, 2.75) is 18.3 Å². The van der Waals surface area contributed by atoms with Gasteiger partial charge >= 0.3 is 0 Å². The zero-order valence-corrected chi connectivity index (χ0v) is 7.33. The van der Waals surface area contributed by atoms with Gasteiger partial charge in [0.05, 0.1) is 18.2 Å². The van der Waals surface area contributed by atoms with E-state index in [0.717, 1.165) is 18.4 Å². The van der Waals surface area contributed by atoms with E-state index in [1.165, 1.54) is 0 Å². The lowest BCUT2D eigenvalue weighted by molar-refractivity contribution is 0.255. The molecule has 13 heavy (non-hydrogen) atoms. The molecular formula is C11H11NO. The quantitative estimate of drug-likeness (QED) is 0.738. The average Bonchev–Trinajstić information content (AvgIpc) is 2.98. The van der Waals surface area contributed by atoms with Crippen molar-refractivity contribution in [1.82, 2.24) is 0 Å². The largest absolute Gasteiger partial charge is 0.395 e. The minimum absolute atomic E-state index is 0.0909. The molecule has 2 rings (SSSR count). The fourth-order valence-electron chi connectivity index (χ4n) is 1.71. The lowest BCUT2D eigenvalue weighted by Gasteiger charge is -2.12. The van der Waals surface area contributed by atoms with Crippen LogP contribution in [0.3, 0.4) is 0 Å². The predicted octanol–water partition coefficient (Wildman–Crippen LogP) is 1.58. The third-order valence-corrected chi connectivity index (χ3v) is 2.78. The summed E-state index contributed by atoms with van der Waals surface area (Å²) < 4.78 is 0. The second-order valence-corrected chi connectivity index (χ2v) is 3.60. The molecule has 66 valence electrons. The van der Waals surface area contributed by atoms with E-state index in [1.54, 1.807) is 0 Å². The Hall–Kier alpha value is -1.33. The zero-order valence-electron chi connectivity index (χ0n) is 7.33. The van der Waals surface area contributed by atoms with Gasteiger partial charge in [0.25, 0.3) is 0 Å². The molecule has 1 aliphatic carbocycles. The first-order valence-corrected chi connectivity index (χ1v) is 4.43. The van der Waals surface area contributed by atoms with Gasteiger partial charge in [0.2, 0.25) is 0 Å². The van der Waals surface area contributed by atoms with Crippen molar-refractivity contribution in [1.29, 1.82) is 5.26 Å². The summed E-state index contributed by atoms with van der Waals surface area (Å²) >= 11 is 0. The highest BCUT2D eigenvalue weighted by Gasteiger charge is 2.44. The maximum Gasteiger partial charge on any atom is 0.0994 e. The average molecular weight is 173 g/mol. The van der Waals surface area contributed by atoms with Crippen LogP contribution in [0.25, 0.3) is 0 Å². The number of nitrogens with zero attached hydrogens (tertiary/aromatic N) is 1. The summed E-state index contributed by atoms with van der Waals surface area (Å²) in [6.07, 6.45) is 2.00. The molecule has 1 fully saturated rings. The highest BCUT2D eigenvalue weighted by atomic mass is 16.3. The Morgan fingerprint density at radius 3 is 2.62 bits per heavy atom. The Bertz CT molecular complexity index is 361. The maximum absolute atomic E-state index is 9.22. The molecule has 1 saturated carbocycles. The number of hydrogen-bond donors (Lipinski definition) is 1. The summed E-state index contributed by atoms with van der Waals surface area (Å²) in [7, 11) is 0. The van der Waals surface area contributed by atoms with E-state index in [1.807, 2.05) is 24.3 Å². The van der Waals surface area contributed by atoms with Crippen LogP contribution >= 0.6 is 0 Å². The Balaban J connectivity index is 2.46. The molecule has 0 atom stereocenters. The summed E-state index contributed by atoms with van der Waals surface area (Å²) in [5, 5.41) is 18.1. The minimum Gasteiger partial charge on any atom is -0.395 e. The number of aliphatic hydroxyl groups excluding tert-OH is 1. The molecule has 1 aromatic carbocycles. The van der Waals surface area contributed by atoms with Crippen LogP contribution in [0.1, 0.15) is 24.0 Å². The van der Waals surface area contributed by atoms with E-state index in [9.17, 15) is 5.11 Å². The van der Waals surface area contributed by atoms with Crippen LogP contribution in [0.15, 0.2) is 24.3 Å². The van der Waals surface area contributed by atoms with Crippen molar-refractivity contribution in [2.24, 2.45) is 0 Å². The van der Waals surface area contributed by atoms with Crippen molar-refractivity contribution in [3.63, 3.8) is 0 Å². The number of nitriles is 1. The monoisotopic (exact) mass is 173 g/mol. The number of rotatable bonds is 2. The van der Waals surface area contributed by atoms with Gasteiger partial charge in [-0.05, 0) is 24.5 Å². The Morgan fingerprint density at radius 1 is 1.38 bits per heavy atom. The Labute approximate surface area is 77.4 Å².